The second kappa shape index (κ2) is 7.55. The number of nitro groups is 1. The fourth-order valence-corrected chi connectivity index (χ4v) is 3.95. The third-order valence-corrected chi connectivity index (χ3v) is 5.53. The van der Waals surface area contributed by atoms with E-state index in [0.717, 1.165) is 5.57 Å². The average Bonchev–Trinajstić information content (AvgIpc) is 2.98. The molecule has 2 aromatic carbocycles. The number of amides is 3. The molecule has 0 radical (unpaired) electrons. The Labute approximate surface area is 172 Å². The van der Waals surface area contributed by atoms with Crippen molar-refractivity contribution in [1.29, 1.82) is 0 Å². The van der Waals surface area contributed by atoms with Crippen LogP contribution in [0.2, 0.25) is 0 Å². The number of carbonyl (C=O) groups excluding carboxylic acids is 3. The molecular formula is C22H19N3O5. The van der Waals surface area contributed by atoms with Gasteiger partial charge in [-0.05, 0) is 50.1 Å². The monoisotopic (exact) mass is 405 g/mol. The van der Waals surface area contributed by atoms with E-state index in [2.05, 4.69) is 5.32 Å². The van der Waals surface area contributed by atoms with Gasteiger partial charge in [-0.2, -0.15) is 0 Å². The molecule has 8 heteroatoms. The van der Waals surface area contributed by atoms with Crippen LogP contribution in [0.5, 0.6) is 0 Å². The van der Waals surface area contributed by atoms with Gasteiger partial charge in [-0.25, -0.2) is 0 Å². The summed E-state index contributed by atoms with van der Waals surface area (Å²) in [5, 5.41) is 13.5. The lowest BCUT2D eigenvalue weighted by atomic mass is 9.82. The summed E-state index contributed by atoms with van der Waals surface area (Å²) in [5.41, 5.74) is 2.03. The van der Waals surface area contributed by atoms with Crippen molar-refractivity contribution >= 4 is 34.8 Å². The predicted octanol–water partition coefficient (Wildman–Crippen LogP) is 3.69. The smallest absolute Gasteiger partial charge is 0.271 e. The number of nitrogens with one attached hydrogen (secondary N) is 1. The van der Waals surface area contributed by atoms with Gasteiger partial charge in [0.05, 0.1) is 22.4 Å². The summed E-state index contributed by atoms with van der Waals surface area (Å²) >= 11 is 0. The van der Waals surface area contributed by atoms with E-state index in [1.807, 2.05) is 13.0 Å². The number of carbonyl (C=O) groups is 3. The highest BCUT2D eigenvalue weighted by molar-refractivity contribution is 6.22. The molecule has 4 rings (SSSR count). The molecule has 30 heavy (non-hydrogen) atoms. The van der Waals surface area contributed by atoms with Gasteiger partial charge in [0, 0.05) is 23.4 Å². The number of imide groups is 1. The molecular weight excluding hydrogens is 386 g/mol. The first-order valence-electron chi connectivity index (χ1n) is 9.54. The van der Waals surface area contributed by atoms with Crippen molar-refractivity contribution in [2.24, 2.45) is 11.8 Å². The van der Waals surface area contributed by atoms with Crippen molar-refractivity contribution in [3.63, 3.8) is 0 Å². The van der Waals surface area contributed by atoms with Crippen LogP contribution in [-0.2, 0) is 9.59 Å². The highest BCUT2D eigenvalue weighted by atomic mass is 16.6. The fraction of sp³-hybridized carbons (Fsp3) is 0.227. The van der Waals surface area contributed by atoms with Gasteiger partial charge in [0.2, 0.25) is 11.8 Å². The largest absolute Gasteiger partial charge is 0.322 e. The Morgan fingerprint density at radius 2 is 1.80 bits per heavy atom. The summed E-state index contributed by atoms with van der Waals surface area (Å²) in [6, 6.07) is 11.8. The van der Waals surface area contributed by atoms with Gasteiger partial charge in [-0.1, -0.05) is 17.7 Å². The first kappa shape index (κ1) is 19.5. The maximum Gasteiger partial charge on any atom is 0.271 e. The number of benzene rings is 2. The second-order valence-corrected chi connectivity index (χ2v) is 7.52. The highest BCUT2D eigenvalue weighted by Gasteiger charge is 2.48. The van der Waals surface area contributed by atoms with Crippen LogP contribution < -0.4 is 10.2 Å². The minimum atomic E-state index is -0.539. The van der Waals surface area contributed by atoms with Gasteiger partial charge in [-0.3, -0.25) is 29.4 Å². The molecule has 1 fully saturated rings. The van der Waals surface area contributed by atoms with Crippen LogP contribution in [0.4, 0.5) is 17.1 Å². The van der Waals surface area contributed by atoms with Crippen LogP contribution >= 0.6 is 0 Å². The van der Waals surface area contributed by atoms with Crippen LogP contribution in [0, 0.1) is 22.0 Å². The molecule has 152 valence electrons. The number of anilines is 2. The summed E-state index contributed by atoms with van der Waals surface area (Å²) in [6.07, 6.45) is 3.17. The summed E-state index contributed by atoms with van der Waals surface area (Å²) in [7, 11) is 0. The lowest BCUT2D eigenvalue weighted by Crippen LogP contribution is -2.30. The molecule has 0 unspecified atom stereocenters. The number of non-ortho nitro benzene ring substituents is 1. The number of fused-ring (bicyclic) bond motifs is 1. The van der Waals surface area contributed by atoms with Gasteiger partial charge in [0.15, 0.2) is 0 Å². The zero-order chi connectivity index (χ0) is 21.4. The molecule has 1 saturated heterocycles. The Hall–Kier alpha value is -3.81. The minimum absolute atomic E-state index is 0.125. The van der Waals surface area contributed by atoms with Gasteiger partial charge in [0.1, 0.15) is 0 Å². The maximum atomic E-state index is 12.8. The van der Waals surface area contributed by atoms with E-state index in [0.29, 0.717) is 29.8 Å². The number of hydrogen-bond acceptors (Lipinski definition) is 5. The molecule has 0 saturated carbocycles. The standard InChI is InChI=1S/C22H19N3O5/c1-13-5-10-18-19(11-13)22(28)24(21(18)27)16-8-6-14(7-9-16)20(26)23-15-3-2-4-17(12-15)25(29)30/h2-9,12,18-19H,10-11H2,1H3,(H,23,26)/t18-,19-/m0/s1. The molecule has 1 heterocycles. The quantitative estimate of drug-likeness (QED) is 0.361. The van der Waals surface area contributed by atoms with Gasteiger partial charge in [0.25, 0.3) is 11.6 Å². The van der Waals surface area contributed by atoms with E-state index in [4.69, 9.17) is 0 Å². The van der Waals surface area contributed by atoms with E-state index in [-0.39, 0.29) is 29.3 Å². The lowest BCUT2D eigenvalue weighted by Gasteiger charge is -2.18. The number of nitrogens with zero attached hydrogens (tertiary/aromatic N) is 2. The summed E-state index contributed by atoms with van der Waals surface area (Å²) in [5.74, 6) is -1.50. The van der Waals surface area contributed by atoms with Gasteiger partial charge >= 0.3 is 0 Å². The van der Waals surface area contributed by atoms with Crippen molar-refractivity contribution in [3.8, 4) is 0 Å². The summed E-state index contributed by atoms with van der Waals surface area (Å²) < 4.78 is 0. The normalized spacial score (nSPS) is 20.6. The Morgan fingerprint density at radius 1 is 1.10 bits per heavy atom. The van der Waals surface area contributed by atoms with Crippen LogP contribution in [-0.4, -0.2) is 22.6 Å². The van der Waals surface area contributed by atoms with E-state index in [9.17, 15) is 24.5 Å². The van der Waals surface area contributed by atoms with Crippen molar-refractivity contribution in [2.75, 3.05) is 10.2 Å². The van der Waals surface area contributed by atoms with E-state index in [1.165, 1.54) is 35.2 Å². The Balaban J connectivity index is 1.50. The zero-order valence-electron chi connectivity index (χ0n) is 16.2. The number of rotatable bonds is 4. The maximum absolute atomic E-state index is 12.8. The third-order valence-electron chi connectivity index (χ3n) is 5.53. The molecule has 1 N–H and O–H groups in total. The topological polar surface area (TPSA) is 110 Å². The number of hydrogen-bond donors (Lipinski definition) is 1. The number of nitro benzene ring substituents is 1. The van der Waals surface area contributed by atoms with Crippen molar-refractivity contribution in [2.45, 2.75) is 19.8 Å². The zero-order valence-corrected chi connectivity index (χ0v) is 16.2. The van der Waals surface area contributed by atoms with Crippen LogP contribution in [0.3, 0.4) is 0 Å². The summed E-state index contributed by atoms with van der Waals surface area (Å²) in [6.45, 7) is 1.96. The molecule has 3 amide bonds. The van der Waals surface area contributed by atoms with Crippen LogP contribution in [0.25, 0.3) is 0 Å². The first-order chi connectivity index (χ1) is 14.3. The molecule has 8 nitrogen and oxygen atoms in total. The molecule has 1 aliphatic heterocycles. The molecule has 2 aromatic rings. The molecule has 0 aromatic heterocycles. The second-order valence-electron chi connectivity index (χ2n) is 7.52. The predicted molar refractivity (Wildman–Crippen MR) is 110 cm³/mol. The van der Waals surface area contributed by atoms with E-state index < -0.39 is 10.8 Å². The van der Waals surface area contributed by atoms with Crippen molar-refractivity contribution in [1.82, 2.24) is 0 Å². The van der Waals surface area contributed by atoms with Crippen molar-refractivity contribution in [3.05, 3.63) is 75.9 Å². The van der Waals surface area contributed by atoms with Crippen LogP contribution in [0.15, 0.2) is 60.2 Å². The third kappa shape index (κ3) is 3.47. The lowest BCUT2D eigenvalue weighted by molar-refractivity contribution is -0.384. The van der Waals surface area contributed by atoms with E-state index in [1.54, 1.807) is 18.2 Å². The van der Waals surface area contributed by atoms with Gasteiger partial charge < -0.3 is 5.32 Å². The molecule has 0 bridgehead atoms. The number of allylic oxidation sites excluding steroid dienone is 2. The first-order valence-corrected chi connectivity index (χ1v) is 9.54. The molecule has 1 aliphatic carbocycles. The minimum Gasteiger partial charge on any atom is -0.322 e. The SMILES string of the molecule is CC1=CC[C@@H]2C(=O)N(c3ccc(C(=O)Nc4cccc([N+](=O)[O-])c4)cc3)C(=O)[C@H]2C1. The van der Waals surface area contributed by atoms with Gasteiger partial charge in [-0.15, -0.1) is 0 Å². The van der Waals surface area contributed by atoms with Crippen LogP contribution in [0.1, 0.15) is 30.1 Å². The average molecular weight is 405 g/mol. The summed E-state index contributed by atoms with van der Waals surface area (Å²) in [4.78, 5) is 49.5. The van der Waals surface area contributed by atoms with Crippen molar-refractivity contribution < 1.29 is 19.3 Å². The van der Waals surface area contributed by atoms with E-state index >= 15 is 0 Å². The highest BCUT2D eigenvalue weighted by Crippen LogP contribution is 2.39. The molecule has 2 atom stereocenters. The molecule has 2 aliphatic rings. The molecule has 0 spiro atoms. The Bertz CT molecular complexity index is 1090. The Kier molecular flexibility index (Phi) is 4.91. The fourth-order valence-electron chi connectivity index (χ4n) is 3.95. The Morgan fingerprint density at radius 3 is 2.50 bits per heavy atom.